The van der Waals surface area contributed by atoms with Gasteiger partial charge in [0.05, 0.1) is 6.61 Å². The van der Waals surface area contributed by atoms with E-state index in [1.54, 1.807) is 25.1 Å². The summed E-state index contributed by atoms with van der Waals surface area (Å²) in [6.07, 6.45) is -0.349. The molecule has 0 aliphatic carbocycles. The first kappa shape index (κ1) is 14.7. The molecular weight excluding hydrogens is 248 g/mol. The molecule has 0 unspecified atom stereocenters. The fourth-order valence-electron chi connectivity index (χ4n) is 1.43. The second-order valence-corrected chi connectivity index (χ2v) is 3.69. The molecule has 102 valence electrons. The predicted octanol–water partition coefficient (Wildman–Crippen LogP) is 0.938. The Kier molecular flexibility index (Phi) is 5.53. The lowest BCUT2D eigenvalue weighted by atomic mass is 10.2. The Hall–Kier alpha value is -2.37. The van der Waals surface area contributed by atoms with Gasteiger partial charge in [0, 0.05) is 18.3 Å². The van der Waals surface area contributed by atoms with Gasteiger partial charge in [-0.25, -0.2) is 0 Å². The van der Waals surface area contributed by atoms with Gasteiger partial charge < -0.3 is 15.4 Å². The molecule has 0 saturated carbocycles. The fourth-order valence-corrected chi connectivity index (χ4v) is 1.43. The summed E-state index contributed by atoms with van der Waals surface area (Å²) in [5.41, 5.74) is 0.881. The Morgan fingerprint density at radius 2 is 2.00 bits per heavy atom. The molecule has 1 rings (SSSR count). The first-order valence-corrected chi connectivity index (χ1v) is 5.84. The second kappa shape index (κ2) is 7.15. The molecule has 0 bridgehead atoms. The number of hydrogen-bond donors (Lipinski definition) is 2. The maximum absolute atomic E-state index is 11.5. The number of carbonyl (C=O) groups excluding carboxylic acids is 3. The van der Waals surface area contributed by atoms with Crippen LogP contribution in [-0.4, -0.2) is 31.4 Å². The van der Waals surface area contributed by atoms with Gasteiger partial charge in [0.25, 0.3) is 5.91 Å². The summed E-state index contributed by atoms with van der Waals surface area (Å²) < 4.78 is 4.67. The molecule has 0 aliphatic heterocycles. The maximum atomic E-state index is 11.5. The van der Waals surface area contributed by atoms with E-state index in [2.05, 4.69) is 15.4 Å². The monoisotopic (exact) mass is 264 g/mol. The molecule has 1 aromatic carbocycles. The molecule has 0 fully saturated rings. The van der Waals surface area contributed by atoms with Crippen molar-refractivity contribution in [3.63, 3.8) is 0 Å². The zero-order valence-electron chi connectivity index (χ0n) is 10.9. The van der Waals surface area contributed by atoms with E-state index < -0.39 is 11.9 Å². The minimum atomic E-state index is -0.581. The standard InChI is InChI=1S/C13H16N2O4/c1-3-19-12(17)8-11(16)15-10-6-4-5-9(7-10)13(18)14-2/h4-7H,3,8H2,1-2H3,(H,14,18)(H,15,16). The number of esters is 1. The van der Waals surface area contributed by atoms with E-state index in [-0.39, 0.29) is 18.9 Å². The van der Waals surface area contributed by atoms with Gasteiger partial charge in [0.15, 0.2) is 0 Å². The SMILES string of the molecule is CCOC(=O)CC(=O)Nc1cccc(C(=O)NC)c1. The summed E-state index contributed by atoms with van der Waals surface area (Å²) in [7, 11) is 1.52. The van der Waals surface area contributed by atoms with Crippen molar-refractivity contribution in [2.24, 2.45) is 0 Å². The number of carbonyl (C=O) groups is 3. The number of anilines is 1. The van der Waals surface area contributed by atoms with Gasteiger partial charge in [0.1, 0.15) is 6.42 Å². The highest BCUT2D eigenvalue weighted by molar-refractivity contribution is 6.02. The smallest absolute Gasteiger partial charge is 0.315 e. The van der Waals surface area contributed by atoms with E-state index in [0.29, 0.717) is 11.3 Å². The van der Waals surface area contributed by atoms with E-state index >= 15 is 0 Å². The summed E-state index contributed by atoms with van der Waals surface area (Å²) in [6.45, 7) is 1.90. The van der Waals surface area contributed by atoms with Crippen LogP contribution in [0.1, 0.15) is 23.7 Å². The molecule has 0 aliphatic rings. The molecule has 0 atom stereocenters. The van der Waals surface area contributed by atoms with Crippen molar-refractivity contribution in [2.45, 2.75) is 13.3 Å². The Morgan fingerprint density at radius 3 is 2.63 bits per heavy atom. The highest BCUT2D eigenvalue weighted by Crippen LogP contribution is 2.11. The number of hydrogen-bond acceptors (Lipinski definition) is 4. The summed E-state index contributed by atoms with van der Waals surface area (Å²) in [5, 5.41) is 5.02. The van der Waals surface area contributed by atoms with E-state index in [9.17, 15) is 14.4 Å². The quantitative estimate of drug-likeness (QED) is 0.612. The molecule has 0 radical (unpaired) electrons. The van der Waals surface area contributed by atoms with Crippen molar-refractivity contribution in [3.8, 4) is 0 Å². The molecule has 0 heterocycles. The number of amides is 2. The van der Waals surface area contributed by atoms with Crippen molar-refractivity contribution in [1.29, 1.82) is 0 Å². The van der Waals surface area contributed by atoms with Crippen LogP contribution in [0.25, 0.3) is 0 Å². The van der Waals surface area contributed by atoms with Gasteiger partial charge in [0.2, 0.25) is 5.91 Å². The molecule has 6 heteroatoms. The van der Waals surface area contributed by atoms with Crippen LogP contribution in [0.4, 0.5) is 5.69 Å². The Labute approximate surface area is 111 Å². The predicted molar refractivity (Wildman–Crippen MR) is 69.7 cm³/mol. The molecule has 0 aromatic heterocycles. The Balaban J connectivity index is 2.64. The van der Waals surface area contributed by atoms with Crippen LogP contribution < -0.4 is 10.6 Å². The Bertz CT molecular complexity index is 485. The van der Waals surface area contributed by atoms with Crippen molar-refractivity contribution in [3.05, 3.63) is 29.8 Å². The first-order chi connectivity index (χ1) is 9.06. The Morgan fingerprint density at radius 1 is 1.26 bits per heavy atom. The van der Waals surface area contributed by atoms with Crippen LogP contribution >= 0.6 is 0 Å². The minimum absolute atomic E-state index is 0.234. The fraction of sp³-hybridized carbons (Fsp3) is 0.308. The summed E-state index contributed by atoms with van der Waals surface area (Å²) >= 11 is 0. The summed E-state index contributed by atoms with van der Waals surface area (Å²) in [5.74, 6) is -1.31. The van der Waals surface area contributed by atoms with Crippen LogP contribution in [0.15, 0.2) is 24.3 Å². The lowest BCUT2D eigenvalue weighted by molar-refractivity contribution is -0.145. The molecule has 1 aromatic rings. The van der Waals surface area contributed by atoms with Crippen LogP contribution in [0.2, 0.25) is 0 Å². The van der Waals surface area contributed by atoms with Crippen LogP contribution in [0.5, 0.6) is 0 Å². The van der Waals surface area contributed by atoms with Crippen LogP contribution in [0, 0.1) is 0 Å². The van der Waals surface area contributed by atoms with Gasteiger partial charge >= 0.3 is 5.97 Å². The molecule has 2 N–H and O–H groups in total. The molecule has 2 amide bonds. The maximum Gasteiger partial charge on any atom is 0.315 e. The normalized spacial score (nSPS) is 9.58. The van der Waals surface area contributed by atoms with Gasteiger partial charge in [-0.05, 0) is 25.1 Å². The molecular formula is C13H16N2O4. The van der Waals surface area contributed by atoms with Crippen molar-refractivity contribution in [2.75, 3.05) is 19.0 Å². The number of benzene rings is 1. The summed E-state index contributed by atoms with van der Waals surface area (Å²) in [6, 6.07) is 6.43. The van der Waals surface area contributed by atoms with E-state index in [4.69, 9.17) is 0 Å². The van der Waals surface area contributed by atoms with E-state index in [0.717, 1.165) is 0 Å². The number of rotatable bonds is 5. The van der Waals surface area contributed by atoms with Crippen molar-refractivity contribution in [1.82, 2.24) is 5.32 Å². The zero-order chi connectivity index (χ0) is 14.3. The first-order valence-electron chi connectivity index (χ1n) is 5.84. The van der Waals surface area contributed by atoms with Gasteiger partial charge in [-0.2, -0.15) is 0 Å². The molecule has 19 heavy (non-hydrogen) atoms. The minimum Gasteiger partial charge on any atom is -0.466 e. The highest BCUT2D eigenvalue weighted by Gasteiger charge is 2.11. The average molecular weight is 264 g/mol. The van der Waals surface area contributed by atoms with Gasteiger partial charge in [-0.1, -0.05) is 6.07 Å². The third-order valence-electron chi connectivity index (χ3n) is 2.25. The number of nitrogens with one attached hydrogen (secondary N) is 2. The van der Waals surface area contributed by atoms with Crippen LogP contribution in [0.3, 0.4) is 0 Å². The molecule has 0 saturated heterocycles. The highest BCUT2D eigenvalue weighted by atomic mass is 16.5. The van der Waals surface area contributed by atoms with Crippen molar-refractivity contribution >= 4 is 23.5 Å². The van der Waals surface area contributed by atoms with Gasteiger partial charge in [-0.15, -0.1) is 0 Å². The van der Waals surface area contributed by atoms with E-state index in [1.165, 1.54) is 13.1 Å². The largest absolute Gasteiger partial charge is 0.466 e. The van der Waals surface area contributed by atoms with Gasteiger partial charge in [-0.3, -0.25) is 14.4 Å². The molecule has 0 spiro atoms. The van der Waals surface area contributed by atoms with Crippen LogP contribution in [-0.2, 0) is 14.3 Å². The lowest BCUT2D eigenvalue weighted by Crippen LogP contribution is -2.20. The van der Waals surface area contributed by atoms with E-state index in [1.807, 2.05) is 0 Å². The van der Waals surface area contributed by atoms with Crippen molar-refractivity contribution < 1.29 is 19.1 Å². The third-order valence-corrected chi connectivity index (χ3v) is 2.25. The zero-order valence-corrected chi connectivity index (χ0v) is 10.9. The average Bonchev–Trinajstić information content (AvgIpc) is 2.38. The molecule has 6 nitrogen and oxygen atoms in total. The lowest BCUT2D eigenvalue weighted by Gasteiger charge is -2.06. The second-order valence-electron chi connectivity index (χ2n) is 3.69. The third kappa shape index (κ3) is 4.79. The topological polar surface area (TPSA) is 84.5 Å². The number of ether oxygens (including phenoxy) is 1. The summed E-state index contributed by atoms with van der Waals surface area (Å²) in [4.78, 5) is 34.1.